The molecule has 6 nitrogen and oxygen atoms in total. The first-order chi connectivity index (χ1) is 10.1. The van der Waals surface area contributed by atoms with Gasteiger partial charge in [0, 0.05) is 24.2 Å². The van der Waals surface area contributed by atoms with Gasteiger partial charge in [0.05, 0.1) is 0 Å². The van der Waals surface area contributed by atoms with Crippen molar-refractivity contribution in [2.75, 3.05) is 11.9 Å². The number of anilines is 1. The van der Waals surface area contributed by atoms with Gasteiger partial charge in [0.15, 0.2) is 0 Å². The Labute approximate surface area is 122 Å². The van der Waals surface area contributed by atoms with Gasteiger partial charge in [-0.25, -0.2) is 0 Å². The highest BCUT2D eigenvalue weighted by atomic mass is 16.2. The van der Waals surface area contributed by atoms with E-state index in [0.717, 1.165) is 30.6 Å². The number of hydrogen-bond acceptors (Lipinski definition) is 4. The Hall–Kier alpha value is -2.37. The van der Waals surface area contributed by atoms with E-state index in [1.807, 2.05) is 12.1 Å². The monoisotopic (exact) mass is 287 g/mol. The predicted molar refractivity (Wildman–Crippen MR) is 76.9 cm³/mol. The van der Waals surface area contributed by atoms with Crippen LogP contribution in [0.3, 0.4) is 0 Å². The Morgan fingerprint density at radius 1 is 1.24 bits per heavy atom. The molecule has 1 unspecified atom stereocenters. The van der Waals surface area contributed by atoms with Crippen molar-refractivity contribution in [3.05, 3.63) is 29.3 Å². The molecule has 1 fully saturated rings. The molecule has 0 spiro atoms. The van der Waals surface area contributed by atoms with E-state index in [2.05, 4.69) is 16.0 Å². The molecule has 1 aromatic carbocycles. The quantitative estimate of drug-likeness (QED) is 0.694. The minimum Gasteiger partial charge on any atom is -0.385 e. The van der Waals surface area contributed by atoms with Crippen LogP contribution in [-0.2, 0) is 16.0 Å². The van der Waals surface area contributed by atoms with Gasteiger partial charge < -0.3 is 10.6 Å². The molecule has 0 aromatic heterocycles. The molecule has 0 bridgehead atoms. The number of amides is 3. The van der Waals surface area contributed by atoms with Gasteiger partial charge in [-0.05, 0) is 37.0 Å². The van der Waals surface area contributed by atoms with E-state index in [0.29, 0.717) is 12.0 Å². The number of fused-ring (bicyclic) bond motifs is 1. The maximum Gasteiger partial charge on any atom is 0.252 e. The van der Waals surface area contributed by atoms with Crippen LogP contribution in [0.25, 0.3) is 0 Å². The highest BCUT2D eigenvalue weighted by Gasteiger charge is 2.29. The molecule has 1 aromatic rings. The van der Waals surface area contributed by atoms with Crippen molar-refractivity contribution in [2.45, 2.75) is 31.7 Å². The maximum absolute atomic E-state index is 12.4. The number of carbonyl (C=O) groups excluding carboxylic acids is 3. The zero-order valence-corrected chi connectivity index (χ0v) is 11.6. The molecule has 0 aliphatic carbocycles. The molecule has 0 radical (unpaired) electrons. The first-order valence-electron chi connectivity index (χ1n) is 7.15. The van der Waals surface area contributed by atoms with Crippen LogP contribution in [-0.4, -0.2) is 30.3 Å². The second kappa shape index (κ2) is 5.55. The average molecular weight is 287 g/mol. The lowest BCUT2D eigenvalue weighted by Crippen LogP contribution is -2.52. The van der Waals surface area contributed by atoms with E-state index in [1.165, 1.54) is 0 Å². The summed E-state index contributed by atoms with van der Waals surface area (Å²) < 4.78 is 0. The van der Waals surface area contributed by atoms with Gasteiger partial charge in [0.2, 0.25) is 11.8 Å². The smallest absolute Gasteiger partial charge is 0.252 e. The lowest BCUT2D eigenvalue weighted by molar-refractivity contribution is -0.134. The summed E-state index contributed by atoms with van der Waals surface area (Å²) in [6.45, 7) is 0.908. The molecule has 6 heteroatoms. The third-order valence-corrected chi connectivity index (χ3v) is 3.88. The first-order valence-corrected chi connectivity index (χ1v) is 7.15. The zero-order chi connectivity index (χ0) is 14.8. The normalized spacial score (nSPS) is 21.0. The van der Waals surface area contributed by atoms with Crippen molar-refractivity contribution in [2.24, 2.45) is 0 Å². The molecular formula is C15H17N3O3. The molecule has 3 rings (SSSR count). The standard InChI is InChI=1S/C15H17N3O3/c19-13-7-6-12(15(21)18-13)17-14(20)10-3-1-5-11-9(10)4-2-8-16-11/h1,3,5,12,16H,2,4,6-8H2,(H,17,20)(H,18,19,21). The van der Waals surface area contributed by atoms with Crippen LogP contribution in [0.5, 0.6) is 0 Å². The number of rotatable bonds is 2. The third-order valence-electron chi connectivity index (χ3n) is 3.88. The van der Waals surface area contributed by atoms with Gasteiger partial charge in [0.25, 0.3) is 5.91 Å². The molecule has 21 heavy (non-hydrogen) atoms. The highest BCUT2D eigenvalue weighted by molar-refractivity contribution is 6.04. The SMILES string of the molecule is O=C1CCC(NC(=O)c2cccc3c2CCCN3)C(=O)N1. The number of nitrogens with one attached hydrogen (secondary N) is 3. The third kappa shape index (κ3) is 2.74. The molecule has 1 atom stereocenters. The van der Waals surface area contributed by atoms with E-state index < -0.39 is 11.9 Å². The first kappa shape index (κ1) is 13.6. The van der Waals surface area contributed by atoms with Crippen molar-refractivity contribution in [1.29, 1.82) is 0 Å². The Balaban J connectivity index is 1.77. The van der Waals surface area contributed by atoms with Crippen LogP contribution in [0.15, 0.2) is 18.2 Å². The Morgan fingerprint density at radius 3 is 2.90 bits per heavy atom. The minimum atomic E-state index is -0.636. The maximum atomic E-state index is 12.4. The summed E-state index contributed by atoms with van der Waals surface area (Å²) in [4.78, 5) is 35.2. The molecule has 1 saturated heterocycles. The van der Waals surface area contributed by atoms with Gasteiger partial charge >= 0.3 is 0 Å². The van der Waals surface area contributed by atoms with Gasteiger partial charge in [0.1, 0.15) is 6.04 Å². The fraction of sp³-hybridized carbons (Fsp3) is 0.400. The number of hydrogen-bond donors (Lipinski definition) is 3. The van der Waals surface area contributed by atoms with Crippen molar-refractivity contribution < 1.29 is 14.4 Å². The number of imide groups is 1. The van der Waals surface area contributed by atoms with Gasteiger partial charge in [-0.15, -0.1) is 0 Å². The largest absolute Gasteiger partial charge is 0.385 e. The van der Waals surface area contributed by atoms with Crippen LogP contribution < -0.4 is 16.0 Å². The second-order valence-electron chi connectivity index (χ2n) is 5.34. The molecule has 2 aliphatic heterocycles. The summed E-state index contributed by atoms with van der Waals surface area (Å²) >= 11 is 0. The van der Waals surface area contributed by atoms with E-state index >= 15 is 0 Å². The lowest BCUT2D eigenvalue weighted by Gasteiger charge is -2.24. The molecule has 3 N–H and O–H groups in total. The highest BCUT2D eigenvalue weighted by Crippen LogP contribution is 2.25. The summed E-state index contributed by atoms with van der Waals surface area (Å²) in [5.41, 5.74) is 2.58. The Bertz CT molecular complexity index is 612. The zero-order valence-electron chi connectivity index (χ0n) is 11.6. The van der Waals surface area contributed by atoms with Crippen molar-refractivity contribution >= 4 is 23.4 Å². The lowest BCUT2D eigenvalue weighted by atomic mass is 9.96. The molecular weight excluding hydrogens is 270 g/mol. The second-order valence-corrected chi connectivity index (χ2v) is 5.34. The summed E-state index contributed by atoms with van der Waals surface area (Å²) in [6, 6.07) is 4.92. The van der Waals surface area contributed by atoms with Gasteiger partial charge in [-0.3, -0.25) is 19.7 Å². The van der Waals surface area contributed by atoms with E-state index in [9.17, 15) is 14.4 Å². The van der Waals surface area contributed by atoms with Gasteiger partial charge in [-0.1, -0.05) is 6.07 Å². The van der Waals surface area contributed by atoms with Crippen molar-refractivity contribution in [1.82, 2.24) is 10.6 Å². The number of piperidine rings is 1. The number of carbonyl (C=O) groups is 3. The molecule has 0 saturated carbocycles. The summed E-state index contributed by atoms with van der Waals surface area (Å²) in [5.74, 6) is -0.973. The van der Waals surface area contributed by atoms with Crippen molar-refractivity contribution in [3.63, 3.8) is 0 Å². The summed E-state index contributed by atoms with van der Waals surface area (Å²) in [5, 5.41) is 8.24. The van der Waals surface area contributed by atoms with Crippen molar-refractivity contribution in [3.8, 4) is 0 Å². The van der Waals surface area contributed by atoms with E-state index in [-0.39, 0.29) is 18.2 Å². The fourth-order valence-electron chi connectivity index (χ4n) is 2.79. The molecule has 2 aliphatic rings. The molecule has 110 valence electrons. The molecule has 3 amide bonds. The average Bonchev–Trinajstić information content (AvgIpc) is 2.49. The Kier molecular flexibility index (Phi) is 3.60. The van der Waals surface area contributed by atoms with E-state index in [4.69, 9.17) is 0 Å². The van der Waals surface area contributed by atoms with Gasteiger partial charge in [-0.2, -0.15) is 0 Å². The Morgan fingerprint density at radius 2 is 2.10 bits per heavy atom. The number of benzene rings is 1. The van der Waals surface area contributed by atoms with Crippen LogP contribution in [0, 0.1) is 0 Å². The minimum absolute atomic E-state index is 0.255. The predicted octanol–water partition coefficient (Wildman–Crippen LogP) is 0.580. The van der Waals surface area contributed by atoms with Crippen LogP contribution in [0.1, 0.15) is 35.2 Å². The molecule has 2 heterocycles. The van der Waals surface area contributed by atoms with E-state index in [1.54, 1.807) is 6.07 Å². The van der Waals surface area contributed by atoms with Crippen LogP contribution in [0.2, 0.25) is 0 Å². The fourth-order valence-corrected chi connectivity index (χ4v) is 2.79. The summed E-state index contributed by atoms with van der Waals surface area (Å²) in [6.07, 6.45) is 2.44. The van der Waals surface area contributed by atoms with Crippen LogP contribution >= 0.6 is 0 Å². The summed E-state index contributed by atoms with van der Waals surface area (Å²) in [7, 11) is 0. The van der Waals surface area contributed by atoms with Crippen LogP contribution in [0.4, 0.5) is 5.69 Å². The topological polar surface area (TPSA) is 87.3 Å².